The lowest BCUT2D eigenvalue weighted by atomic mass is 9.97. The van der Waals surface area contributed by atoms with Crippen LogP contribution in [-0.4, -0.2) is 80.6 Å². The minimum absolute atomic E-state index is 0.0674. The van der Waals surface area contributed by atoms with E-state index in [0.717, 1.165) is 33.4 Å². The van der Waals surface area contributed by atoms with E-state index in [0.29, 0.717) is 25.2 Å². The maximum atomic E-state index is 13.8. The number of rotatable bonds is 15. The first kappa shape index (κ1) is 41.6. The molecule has 1 aliphatic heterocycles. The Morgan fingerprint density at radius 2 is 1.53 bits per heavy atom. The number of aliphatic hydroxyl groups excluding tert-OH is 1. The molecule has 0 bridgehead atoms. The molecule has 0 fully saturated rings. The van der Waals surface area contributed by atoms with Crippen LogP contribution in [0.4, 0.5) is 4.79 Å². The van der Waals surface area contributed by atoms with Crippen molar-refractivity contribution in [2.45, 2.75) is 56.7 Å². The summed E-state index contributed by atoms with van der Waals surface area (Å²) in [4.78, 5) is 53.5. The van der Waals surface area contributed by atoms with Crippen LogP contribution in [0.25, 0.3) is 11.1 Å². The van der Waals surface area contributed by atoms with Gasteiger partial charge in [-0.3, -0.25) is 9.59 Å². The van der Waals surface area contributed by atoms with Gasteiger partial charge in [0, 0.05) is 18.9 Å². The predicted molar refractivity (Wildman–Crippen MR) is 218 cm³/mol. The Morgan fingerprint density at radius 1 is 0.828 bits per heavy atom. The topological polar surface area (TPSA) is 162 Å². The lowest BCUT2D eigenvalue weighted by Crippen LogP contribution is -2.46. The minimum Gasteiger partial charge on any atom is -0.489 e. The molecule has 3 atom stereocenters. The number of amides is 3. The zero-order valence-corrected chi connectivity index (χ0v) is 32.5. The molecule has 1 heterocycles. The number of esters is 1. The first-order valence-corrected chi connectivity index (χ1v) is 19.8. The van der Waals surface area contributed by atoms with Crippen LogP contribution in [-0.2, 0) is 41.6 Å². The van der Waals surface area contributed by atoms with Crippen molar-refractivity contribution in [3.8, 4) is 16.9 Å². The highest BCUT2D eigenvalue weighted by molar-refractivity contribution is 5.86. The van der Waals surface area contributed by atoms with Crippen molar-refractivity contribution in [2.75, 3.05) is 39.6 Å². The van der Waals surface area contributed by atoms with Crippen LogP contribution < -0.4 is 20.7 Å². The molecule has 1 aliphatic carbocycles. The second-order valence-electron chi connectivity index (χ2n) is 14.4. The van der Waals surface area contributed by atoms with E-state index >= 15 is 0 Å². The molecule has 0 spiro atoms. The number of hydrogen-bond acceptors (Lipinski definition) is 9. The van der Waals surface area contributed by atoms with Gasteiger partial charge in [-0.2, -0.15) is 0 Å². The Balaban J connectivity index is 1.11. The highest BCUT2D eigenvalue weighted by Gasteiger charge is 2.31. The number of nitrogens with one attached hydrogen (secondary N) is 3. The molecule has 0 radical (unpaired) electrons. The second-order valence-corrected chi connectivity index (χ2v) is 14.4. The number of allylic oxidation sites excluding steroid dienone is 2. The summed E-state index contributed by atoms with van der Waals surface area (Å²) in [5.74, 6) is -1.47. The number of hydrogen-bond donors (Lipinski definition) is 4. The van der Waals surface area contributed by atoms with Gasteiger partial charge in [0.1, 0.15) is 31.6 Å². The van der Waals surface area contributed by atoms with E-state index < -0.39 is 30.1 Å². The van der Waals surface area contributed by atoms with Crippen LogP contribution in [0.2, 0.25) is 0 Å². The van der Waals surface area contributed by atoms with Crippen LogP contribution in [0.1, 0.15) is 53.9 Å². The quantitative estimate of drug-likeness (QED) is 0.0682. The molecule has 12 heteroatoms. The Kier molecular flexibility index (Phi) is 15.5. The zero-order chi connectivity index (χ0) is 40.5. The Morgan fingerprint density at radius 3 is 2.26 bits per heavy atom. The van der Waals surface area contributed by atoms with Crippen molar-refractivity contribution in [2.24, 2.45) is 5.92 Å². The fourth-order valence-corrected chi connectivity index (χ4v) is 7.18. The molecule has 3 amide bonds. The van der Waals surface area contributed by atoms with Gasteiger partial charge in [0.2, 0.25) is 11.8 Å². The van der Waals surface area contributed by atoms with E-state index in [-0.39, 0.29) is 76.6 Å². The maximum Gasteiger partial charge on any atom is 0.407 e. The lowest BCUT2D eigenvalue weighted by Gasteiger charge is -2.24. The number of alkyl carbamates (subject to hydrolysis) is 1. The molecule has 6 rings (SSSR count). The monoisotopic (exact) mass is 789 g/mol. The van der Waals surface area contributed by atoms with Gasteiger partial charge < -0.3 is 40.0 Å². The molecule has 0 saturated carbocycles. The molecule has 0 aromatic heterocycles. The van der Waals surface area contributed by atoms with E-state index in [1.165, 1.54) is 0 Å². The summed E-state index contributed by atoms with van der Waals surface area (Å²) >= 11 is 0. The maximum absolute atomic E-state index is 13.8. The van der Waals surface area contributed by atoms with Crippen LogP contribution in [0, 0.1) is 5.92 Å². The molecule has 3 unspecified atom stereocenters. The van der Waals surface area contributed by atoms with Gasteiger partial charge in [-0.15, -0.1) is 0 Å². The average molecular weight is 790 g/mol. The second kappa shape index (κ2) is 21.5. The average Bonchev–Trinajstić information content (AvgIpc) is 3.57. The number of aliphatic hydroxyl groups is 1. The summed E-state index contributed by atoms with van der Waals surface area (Å²) in [5.41, 5.74) is 6.28. The SMILES string of the molecule is O=C(CC1CC=CCCC(NC(=O)OCC2c3ccccc3-c3ccccc32)C(=O)OCC(Cc2ccc(OCc3ccccc3)cc2)NC1=O)NCCOCCO. The highest BCUT2D eigenvalue weighted by Crippen LogP contribution is 2.44. The largest absolute Gasteiger partial charge is 0.489 e. The molecule has 0 saturated heterocycles. The number of carbonyl (C=O) groups excluding carboxylic acids is 4. The van der Waals surface area contributed by atoms with E-state index in [1.807, 2.05) is 103 Å². The molecule has 4 N–H and O–H groups in total. The number of benzene rings is 4. The first-order chi connectivity index (χ1) is 28.4. The van der Waals surface area contributed by atoms with Crippen molar-refractivity contribution in [1.82, 2.24) is 16.0 Å². The van der Waals surface area contributed by atoms with Gasteiger partial charge in [0.15, 0.2) is 0 Å². The van der Waals surface area contributed by atoms with Crippen molar-refractivity contribution >= 4 is 23.9 Å². The van der Waals surface area contributed by atoms with Crippen molar-refractivity contribution < 1.29 is 43.2 Å². The first-order valence-electron chi connectivity index (χ1n) is 19.8. The van der Waals surface area contributed by atoms with Crippen LogP contribution in [0.5, 0.6) is 5.75 Å². The molecular weight excluding hydrogens is 739 g/mol. The van der Waals surface area contributed by atoms with Gasteiger partial charge >= 0.3 is 12.1 Å². The van der Waals surface area contributed by atoms with E-state index in [9.17, 15) is 19.2 Å². The molecular formula is C46H51N3O9. The van der Waals surface area contributed by atoms with Crippen molar-refractivity contribution in [3.63, 3.8) is 0 Å². The van der Waals surface area contributed by atoms with Gasteiger partial charge in [0.25, 0.3) is 0 Å². The third-order valence-corrected chi connectivity index (χ3v) is 10.2. The van der Waals surface area contributed by atoms with E-state index in [1.54, 1.807) is 0 Å². The van der Waals surface area contributed by atoms with Gasteiger partial charge in [-0.1, -0.05) is 103 Å². The summed E-state index contributed by atoms with van der Waals surface area (Å²) in [7, 11) is 0. The highest BCUT2D eigenvalue weighted by atomic mass is 16.6. The summed E-state index contributed by atoms with van der Waals surface area (Å²) in [6.45, 7) is 0.868. The van der Waals surface area contributed by atoms with Crippen molar-refractivity contribution in [1.29, 1.82) is 0 Å². The van der Waals surface area contributed by atoms with E-state index in [2.05, 4.69) is 28.1 Å². The Labute approximate surface area is 338 Å². The molecule has 4 aromatic carbocycles. The number of cyclic esters (lactones) is 1. The molecule has 304 valence electrons. The van der Waals surface area contributed by atoms with E-state index in [4.69, 9.17) is 24.1 Å². The van der Waals surface area contributed by atoms with Gasteiger partial charge in [-0.05, 0) is 71.2 Å². The fraction of sp³-hybridized carbons (Fsp3) is 0.348. The standard InChI is InChI=1S/C46H51N3O9/c50-24-26-55-25-23-47-43(51)28-34-13-5-2-6-18-42(49-46(54)58-31-41-39-16-9-7-14-37(39)38-15-8-10-17-40(38)41)45(53)57-30-35(48-44(34)52)27-32-19-21-36(22-20-32)56-29-33-11-3-1-4-12-33/h1-5,7-12,14-17,19-22,34-35,41-42,50H,6,13,18,23-31H2,(H,47,51)(H,48,52)(H,49,54). The number of fused-ring (bicyclic) bond motifs is 3. The van der Waals surface area contributed by atoms with Crippen LogP contribution in [0.3, 0.4) is 0 Å². The minimum atomic E-state index is -1.01. The fourth-order valence-electron chi connectivity index (χ4n) is 7.18. The third-order valence-electron chi connectivity index (χ3n) is 10.2. The normalized spacial score (nSPS) is 18.3. The Hall–Kier alpha value is -5.98. The smallest absolute Gasteiger partial charge is 0.407 e. The van der Waals surface area contributed by atoms with Crippen molar-refractivity contribution in [3.05, 3.63) is 138 Å². The van der Waals surface area contributed by atoms with Gasteiger partial charge in [0.05, 0.1) is 31.8 Å². The lowest BCUT2D eigenvalue weighted by molar-refractivity contribution is -0.147. The summed E-state index contributed by atoms with van der Waals surface area (Å²) < 4.78 is 22.7. The summed E-state index contributed by atoms with van der Waals surface area (Å²) in [6, 6.07) is 31.8. The predicted octanol–water partition coefficient (Wildman–Crippen LogP) is 5.61. The van der Waals surface area contributed by atoms with Gasteiger partial charge in [-0.25, -0.2) is 9.59 Å². The van der Waals surface area contributed by atoms with Crippen LogP contribution >= 0.6 is 0 Å². The molecule has 2 aliphatic rings. The Bertz CT molecular complexity index is 1960. The molecule has 4 aromatic rings. The van der Waals surface area contributed by atoms with Crippen LogP contribution in [0.15, 0.2) is 115 Å². The summed E-state index contributed by atoms with van der Waals surface area (Å²) in [5, 5.41) is 17.4. The number of carbonyl (C=O) groups is 4. The zero-order valence-electron chi connectivity index (χ0n) is 32.5. The molecule has 12 nitrogen and oxygen atoms in total. The third kappa shape index (κ3) is 12.0. The summed E-state index contributed by atoms with van der Waals surface area (Å²) in [6.07, 6.45) is 4.07. The molecule has 58 heavy (non-hydrogen) atoms. The number of ether oxygens (including phenoxy) is 4.